The van der Waals surface area contributed by atoms with Crippen LogP contribution in [-0.2, 0) is 0 Å². The zero-order valence-electron chi connectivity index (χ0n) is 9.49. The summed E-state index contributed by atoms with van der Waals surface area (Å²) in [5, 5.41) is 2.09. The summed E-state index contributed by atoms with van der Waals surface area (Å²) in [6, 6.07) is 11.6. The highest BCUT2D eigenvalue weighted by atomic mass is 16.5. The van der Waals surface area contributed by atoms with Gasteiger partial charge in [0.05, 0.1) is 6.61 Å². The maximum Gasteiger partial charge on any atom is 0.159 e. The standard InChI is InChI=1S/C14H14O2/c1-3-16-14-9-12(10(2)15)8-11-6-4-5-7-13(11)14/h4-9H,3H2,1-2H3. The van der Waals surface area contributed by atoms with Crippen LogP contribution in [0.3, 0.4) is 0 Å². The van der Waals surface area contributed by atoms with Gasteiger partial charge in [-0.15, -0.1) is 0 Å². The molecule has 16 heavy (non-hydrogen) atoms. The first-order valence-electron chi connectivity index (χ1n) is 5.39. The van der Waals surface area contributed by atoms with E-state index in [1.807, 2.05) is 43.3 Å². The first-order valence-corrected chi connectivity index (χ1v) is 5.39. The van der Waals surface area contributed by atoms with Gasteiger partial charge < -0.3 is 4.74 Å². The molecule has 0 N–H and O–H groups in total. The lowest BCUT2D eigenvalue weighted by molar-refractivity contribution is 0.101. The van der Waals surface area contributed by atoms with Gasteiger partial charge in [0.25, 0.3) is 0 Å². The van der Waals surface area contributed by atoms with Gasteiger partial charge in [-0.2, -0.15) is 0 Å². The largest absolute Gasteiger partial charge is 0.493 e. The molecule has 0 aromatic heterocycles. The van der Waals surface area contributed by atoms with E-state index in [9.17, 15) is 4.79 Å². The number of fused-ring (bicyclic) bond motifs is 1. The van der Waals surface area contributed by atoms with Gasteiger partial charge in [0.2, 0.25) is 0 Å². The minimum atomic E-state index is 0.0618. The Bertz CT molecular complexity index is 529. The Morgan fingerprint density at radius 2 is 2.00 bits per heavy atom. The van der Waals surface area contributed by atoms with E-state index in [2.05, 4.69) is 0 Å². The van der Waals surface area contributed by atoms with Crippen LogP contribution < -0.4 is 4.74 Å². The van der Waals surface area contributed by atoms with Crippen LogP contribution in [0.25, 0.3) is 10.8 Å². The molecule has 0 saturated carbocycles. The Labute approximate surface area is 94.8 Å². The number of carbonyl (C=O) groups is 1. The summed E-state index contributed by atoms with van der Waals surface area (Å²) < 4.78 is 5.56. The molecule has 0 aliphatic heterocycles. The van der Waals surface area contributed by atoms with E-state index >= 15 is 0 Å². The van der Waals surface area contributed by atoms with Gasteiger partial charge in [0, 0.05) is 10.9 Å². The molecule has 0 aliphatic rings. The summed E-state index contributed by atoms with van der Waals surface area (Å²) in [6.45, 7) is 4.11. The second-order valence-corrected chi connectivity index (χ2v) is 3.68. The average molecular weight is 214 g/mol. The van der Waals surface area contributed by atoms with E-state index in [-0.39, 0.29) is 5.78 Å². The Morgan fingerprint density at radius 3 is 2.69 bits per heavy atom. The summed E-state index contributed by atoms with van der Waals surface area (Å²) in [5.74, 6) is 0.845. The molecular weight excluding hydrogens is 200 g/mol. The van der Waals surface area contributed by atoms with Crippen molar-refractivity contribution < 1.29 is 9.53 Å². The minimum absolute atomic E-state index is 0.0618. The van der Waals surface area contributed by atoms with Gasteiger partial charge in [0.15, 0.2) is 5.78 Å². The topological polar surface area (TPSA) is 26.3 Å². The van der Waals surface area contributed by atoms with Gasteiger partial charge in [-0.1, -0.05) is 24.3 Å². The van der Waals surface area contributed by atoms with Crippen LogP contribution in [0, 0.1) is 0 Å². The van der Waals surface area contributed by atoms with Gasteiger partial charge in [-0.25, -0.2) is 0 Å². The molecule has 2 aromatic carbocycles. The predicted molar refractivity (Wildman–Crippen MR) is 65.1 cm³/mol. The molecule has 0 amide bonds. The molecule has 2 heteroatoms. The van der Waals surface area contributed by atoms with E-state index in [4.69, 9.17) is 4.74 Å². The molecule has 0 atom stereocenters. The van der Waals surface area contributed by atoms with Gasteiger partial charge in [-0.3, -0.25) is 4.79 Å². The molecular formula is C14H14O2. The van der Waals surface area contributed by atoms with E-state index in [1.165, 1.54) is 0 Å². The highest BCUT2D eigenvalue weighted by Crippen LogP contribution is 2.27. The maximum absolute atomic E-state index is 11.4. The maximum atomic E-state index is 11.4. The van der Waals surface area contributed by atoms with Crippen LogP contribution in [0.4, 0.5) is 0 Å². The predicted octanol–water partition coefficient (Wildman–Crippen LogP) is 3.44. The molecule has 2 rings (SSSR count). The second kappa shape index (κ2) is 4.35. The van der Waals surface area contributed by atoms with Crippen LogP contribution in [0.5, 0.6) is 5.75 Å². The van der Waals surface area contributed by atoms with Crippen molar-refractivity contribution in [1.82, 2.24) is 0 Å². The molecule has 2 nitrogen and oxygen atoms in total. The molecule has 0 radical (unpaired) electrons. The number of ketones is 1. The van der Waals surface area contributed by atoms with Crippen LogP contribution in [0.2, 0.25) is 0 Å². The number of benzene rings is 2. The zero-order chi connectivity index (χ0) is 11.5. The Hall–Kier alpha value is -1.83. The lowest BCUT2D eigenvalue weighted by Gasteiger charge is -2.09. The highest BCUT2D eigenvalue weighted by Gasteiger charge is 2.07. The third-order valence-corrected chi connectivity index (χ3v) is 2.53. The smallest absolute Gasteiger partial charge is 0.159 e. The fourth-order valence-corrected chi connectivity index (χ4v) is 1.75. The number of carbonyl (C=O) groups excluding carboxylic acids is 1. The summed E-state index contributed by atoms with van der Waals surface area (Å²) >= 11 is 0. The summed E-state index contributed by atoms with van der Waals surface area (Å²) in [5.41, 5.74) is 0.696. The lowest BCUT2D eigenvalue weighted by atomic mass is 10.0. The number of rotatable bonds is 3. The van der Waals surface area contributed by atoms with E-state index in [0.717, 1.165) is 16.5 Å². The normalized spacial score (nSPS) is 10.4. The van der Waals surface area contributed by atoms with E-state index in [1.54, 1.807) is 6.92 Å². The fourth-order valence-electron chi connectivity index (χ4n) is 1.75. The lowest BCUT2D eigenvalue weighted by Crippen LogP contribution is -1.97. The minimum Gasteiger partial charge on any atom is -0.493 e. The van der Waals surface area contributed by atoms with Crippen LogP contribution >= 0.6 is 0 Å². The quantitative estimate of drug-likeness (QED) is 0.731. The molecule has 0 unspecified atom stereocenters. The van der Waals surface area contributed by atoms with Crippen molar-refractivity contribution in [3.8, 4) is 5.75 Å². The second-order valence-electron chi connectivity index (χ2n) is 3.68. The molecule has 0 saturated heterocycles. The van der Waals surface area contributed by atoms with Gasteiger partial charge in [0.1, 0.15) is 5.75 Å². The van der Waals surface area contributed by atoms with Crippen molar-refractivity contribution in [2.45, 2.75) is 13.8 Å². The molecule has 2 aromatic rings. The highest BCUT2D eigenvalue weighted by molar-refractivity contribution is 6.00. The fraction of sp³-hybridized carbons (Fsp3) is 0.214. The number of hydrogen-bond acceptors (Lipinski definition) is 2. The monoisotopic (exact) mass is 214 g/mol. The number of ether oxygens (including phenoxy) is 1. The van der Waals surface area contributed by atoms with E-state index in [0.29, 0.717) is 12.2 Å². The van der Waals surface area contributed by atoms with Crippen molar-refractivity contribution >= 4 is 16.6 Å². The van der Waals surface area contributed by atoms with Crippen molar-refractivity contribution in [2.24, 2.45) is 0 Å². The molecule has 0 spiro atoms. The number of hydrogen-bond donors (Lipinski definition) is 0. The van der Waals surface area contributed by atoms with Crippen LogP contribution in [0.15, 0.2) is 36.4 Å². The van der Waals surface area contributed by atoms with Gasteiger partial charge in [-0.05, 0) is 31.4 Å². The summed E-state index contributed by atoms with van der Waals surface area (Å²) in [7, 11) is 0. The first kappa shape index (κ1) is 10.7. The summed E-state index contributed by atoms with van der Waals surface area (Å²) in [4.78, 5) is 11.4. The number of Topliss-reactive ketones (excluding diaryl/α,β-unsaturated/α-hetero) is 1. The Morgan fingerprint density at radius 1 is 1.25 bits per heavy atom. The van der Waals surface area contributed by atoms with Crippen LogP contribution in [-0.4, -0.2) is 12.4 Å². The van der Waals surface area contributed by atoms with Crippen molar-refractivity contribution in [1.29, 1.82) is 0 Å². The Balaban J connectivity index is 2.68. The van der Waals surface area contributed by atoms with Gasteiger partial charge >= 0.3 is 0 Å². The Kier molecular flexibility index (Phi) is 2.91. The molecule has 0 fully saturated rings. The third-order valence-electron chi connectivity index (χ3n) is 2.53. The van der Waals surface area contributed by atoms with Crippen molar-refractivity contribution in [3.05, 3.63) is 42.0 Å². The van der Waals surface area contributed by atoms with Crippen molar-refractivity contribution in [3.63, 3.8) is 0 Å². The molecule has 0 bridgehead atoms. The average Bonchev–Trinajstić information content (AvgIpc) is 2.29. The van der Waals surface area contributed by atoms with E-state index < -0.39 is 0 Å². The zero-order valence-corrected chi connectivity index (χ0v) is 9.49. The van der Waals surface area contributed by atoms with Crippen molar-refractivity contribution in [2.75, 3.05) is 6.61 Å². The van der Waals surface area contributed by atoms with Crippen LogP contribution in [0.1, 0.15) is 24.2 Å². The third kappa shape index (κ3) is 1.91. The summed E-state index contributed by atoms with van der Waals surface area (Å²) in [6.07, 6.45) is 0. The first-order chi connectivity index (χ1) is 7.72. The molecule has 82 valence electrons. The molecule has 0 heterocycles. The SMILES string of the molecule is CCOc1cc(C(C)=O)cc2ccccc12. The molecule has 0 aliphatic carbocycles.